The summed E-state index contributed by atoms with van der Waals surface area (Å²) in [5, 5.41) is 0. The van der Waals surface area contributed by atoms with E-state index in [1.807, 2.05) is 0 Å². The van der Waals surface area contributed by atoms with Crippen molar-refractivity contribution in [3.8, 4) is 0 Å². The normalized spacial score (nSPS) is 10.4. The van der Waals surface area contributed by atoms with E-state index >= 15 is 0 Å². The average molecular weight is 185 g/mol. The molecule has 14 heavy (non-hydrogen) atoms. The molecule has 1 heteroatoms. The lowest BCUT2D eigenvalue weighted by molar-refractivity contribution is 0.751. The highest BCUT2D eigenvalue weighted by atomic mass is 15.0. The highest BCUT2D eigenvalue weighted by Crippen LogP contribution is 2.07. The van der Waals surface area contributed by atoms with Gasteiger partial charge in [-0.2, -0.15) is 0 Å². The Morgan fingerprint density at radius 3 is 2.50 bits per heavy atom. The van der Waals surface area contributed by atoms with E-state index in [1.54, 1.807) is 0 Å². The first kappa shape index (κ1) is 9.07. The highest BCUT2D eigenvalue weighted by molar-refractivity contribution is 5.17. The highest BCUT2D eigenvalue weighted by Gasteiger charge is 1.98. The summed E-state index contributed by atoms with van der Waals surface area (Å²) < 4.78 is 2.30. The first-order chi connectivity index (χ1) is 6.90. The van der Waals surface area contributed by atoms with Gasteiger partial charge in [-0.1, -0.05) is 37.3 Å². The molecule has 0 bridgehead atoms. The number of hydrogen-bond acceptors (Lipinski definition) is 0. The van der Waals surface area contributed by atoms with Crippen LogP contribution in [0.1, 0.15) is 18.2 Å². The van der Waals surface area contributed by atoms with Crippen LogP contribution in [0.5, 0.6) is 0 Å². The first-order valence-corrected chi connectivity index (χ1v) is 5.08. The topological polar surface area (TPSA) is 4.93 Å². The zero-order valence-electron chi connectivity index (χ0n) is 8.48. The molecule has 0 spiro atoms. The van der Waals surface area contributed by atoms with Crippen molar-refractivity contribution < 1.29 is 0 Å². The van der Waals surface area contributed by atoms with Gasteiger partial charge in [-0.05, 0) is 24.1 Å². The molecule has 2 rings (SSSR count). The minimum absolute atomic E-state index is 0.983. The second-order valence-corrected chi connectivity index (χ2v) is 3.47. The van der Waals surface area contributed by atoms with Gasteiger partial charge in [0.1, 0.15) is 0 Å². The zero-order valence-corrected chi connectivity index (χ0v) is 8.48. The van der Waals surface area contributed by atoms with Crippen LogP contribution in [0.3, 0.4) is 0 Å². The minimum Gasteiger partial charge on any atom is -0.347 e. The maximum atomic E-state index is 2.30. The Labute approximate surface area is 85.0 Å². The molecule has 1 aromatic carbocycles. The third kappa shape index (κ3) is 1.87. The van der Waals surface area contributed by atoms with Crippen molar-refractivity contribution in [3.63, 3.8) is 0 Å². The Balaban J connectivity index is 2.19. The summed E-state index contributed by atoms with van der Waals surface area (Å²) >= 11 is 0. The first-order valence-electron chi connectivity index (χ1n) is 5.08. The maximum Gasteiger partial charge on any atom is 0.0472 e. The summed E-state index contributed by atoms with van der Waals surface area (Å²) in [6, 6.07) is 14.9. The molecule has 1 aromatic heterocycles. The van der Waals surface area contributed by atoms with Crippen molar-refractivity contribution in [2.75, 3.05) is 0 Å². The second kappa shape index (κ2) is 4.14. The van der Waals surface area contributed by atoms with Crippen LogP contribution in [0.15, 0.2) is 48.7 Å². The van der Waals surface area contributed by atoms with Crippen molar-refractivity contribution in [3.05, 3.63) is 59.9 Å². The monoisotopic (exact) mass is 185 g/mol. The summed E-state index contributed by atoms with van der Waals surface area (Å²) in [6.07, 6.45) is 3.24. The fourth-order valence-corrected chi connectivity index (χ4v) is 1.70. The minimum atomic E-state index is 0.983. The van der Waals surface area contributed by atoms with Crippen LogP contribution in [0.4, 0.5) is 0 Å². The molecule has 1 nitrogen and oxygen atoms in total. The van der Waals surface area contributed by atoms with Crippen LogP contribution < -0.4 is 0 Å². The Morgan fingerprint density at radius 1 is 1.00 bits per heavy atom. The smallest absolute Gasteiger partial charge is 0.0472 e. The molecule has 0 radical (unpaired) electrons. The predicted octanol–water partition coefficient (Wildman–Crippen LogP) is 3.10. The van der Waals surface area contributed by atoms with E-state index in [-0.39, 0.29) is 0 Å². The van der Waals surface area contributed by atoms with Gasteiger partial charge in [0.15, 0.2) is 0 Å². The molecule has 0 aliphatic heterocycles. The fraction of sp³-hybridized carbons (Fsp3) is 0.231. The van der Waals surface area contributed by atoms with E-state index < -0.39 is 0 Å². The van der Waals surface area contributed by atoms with Gasteiger partial charge in [-0.25, -0.2) is 0 Å². The van der Waals surface area contributed by atoms with Crippen LogP contribution in [0.2, 0.25) is 0 Å². The second-order valence-electron chi connectivity index (χ2n) is 3.47. The van der Waals surface area contributed by atoms with E-state index in [9.17, 15) is 0 Å². The number of benzene rings is 1. The number of nitrogens with zero attached hydrogens (tertiary/aromatic N) is 1. The third-order valence-corrected chi connectivity index (χ3v) is 2.48. The van der Waals surface area contributed by atoms with Gasteiger partial charge in [0.2, 0.25) is 0 Å². The summed E-state index contributed by atoms with van der Waals surface area (Å²) in [7, 11) is 0. The van der Waals surface area contributed by atoms with E-state index in [0.29, 0.717) is 0 Å². The van der Waals surface area contributed by atoms with Crippen molar-refractivity contribution in [2.24, 2.45) is 0 Å². The van der Waals surface area contributed by atoms with E-state index in [1.165, 1.54) is 11.3 Å². The van der Waals surface area contributed by atoms with Crippen LogP contribution in [-0.4, -0.2) is 4.57 Å². The van der Waals surface area contributed by atoms with Gasteiger partial charge in [-0.3, -0.25) is 0 Å². The summed E-state index contributed by atoms with van der Waals surface area (Å²) in [6.45, 7) is 3.17. The molecular weight excluding hydrogens is 170 g/mol. The summed E-state index contributed by atoms with van der Waals surface area (Å²) in [5.41, 5.74) is 2.76. The Hall–Kier alpha value is -1.50. The average Bonchev–Trinajstić information content (AvgIpc) is 2.67. The fourth-order valence-electron chi connectivity index (χ4n) is 1.70. The maximum absolute atomic E-state index is 2.30. The molecule has 0 aliphatic carbocycles. The lowest BCUT2D eigenvalue weighted by Crippen LogP contribution is -2.01. The molecule has 1 heterocycles. The van der Waals surface area contributed by atoms with Gasteiger partial charge in [-0.15, -0.1) is 0 Å². The molecule has 0 unspecified atom stereocenters. The number of aryl methyl sites for hydroxylation is 1. The molecule has 0 atom stereocenters. The third-order valence-electron chi connectivity index (χ3n) is 2.48. The molecule has 0 N–H and O–H groups in total. The van der Waals surface area contributed by atoms with Crippen molar-refractivity contribution in [1.82, 2.24) is 4.57 Å². The molecule has 0 amide bonds. The Morgan fingerprint density at radius 2 is 1.79 bits per heavy atom. The van der Waals surface area contributed by atoms with Gasteiger partial charge in [0.25, 0.3) is 0 Å². The van der Waals surface area contributed by atoms with Crippen molar-refractivity contribution >= 4 is 0 Å². The lowest BCUT2D eigenvalue weighted by atomic mass is 10.2. The number of rotatable bonds is 3. The molecule has 0 saturated carbocycles. The van der Waals surface area contributed by atoms with Crippen LogP contribution in [-0.2, 0) is 13.0 Å². The van der Waals surface area contributed by atoms with Gasteiger partial charge < -0.3 is 4.57 Å². The van der Waals surface area contributed by atoms with Crippen LogP contribution in [0.25, 0.3) is 0 Å². The quantitative estimate of drug-likeness (QED) is 0.692. The number of aromatic nitrogens is 1. The lowest BCUT2D eigenvalue weighted by Gasteiger charge is -2.07. The van der Waals surface area contributed by atoms with Crippen molar-refractivity contribution in [1.29, 1.82) is 0 Å². The molecule has 0 saturated heterocycles. The van der Waals surface area contributed by atoms with E-state index in [0.717, 1.165) is 13.0 Å². The zero-order chi connectivity index (χ0) is 9.80. The predicted molar refractivity (Wildman–Crippen MR) is 59.4 cm³/mol. The van der Waals surface area contributed by atoms with E-state index in [4.69, 9.17) is 0 Å². The molecule has 72 valence electrons. The largest absolute Gasteiger partial charge is 0.347 e. The number of hydrogen-bond donors (Lipinski definition) is 0. The summed E-state index contributed by atoms with van der Waals surface area (Å²) in [4.78, 5) is 0. The van der Waals surface area contributed by atoms with Gasteiger partial charge >= 0.3 is 0 Å². The van der Waals surface area contributed by atoms with E-state index in [2.05, 4.69) is 60.2 Å². The van der Waals surface area contributed by atoms with Crippen LogP contribution in [0, 0.1) is 0 Å². The Bertz CT molecular complexity index is 387. The summed E-state index contributed by atoms with van der Waals surface area (Å²) in [5.74, 6) is 0. The SMILES string of the molecule is CCc1cccn1Cc1ccccc1. The van der Waals surface area contributed by atoms with Gasteiger partial charge in [0, 0.05) is 18.4 Å². The van der Waals surface area contributed by atoms with Crippen LogP contribution >= 0.6 is 0 Å². The molecule has 0 fully saturated rings. The van der Waals surface area contributed by atoms with Gasteiger partial charge in [0.05, 0.1) is 0 Å². The molecule has 2 aromatic rings. The standard InChI is InChI=1S/C13H15N/c1-2-13-9-6-10-14(13)11-12-7-4-3-5-8-12/h3-10H,2,11H2,1H3. The molecule has 0 aliphatic rings. The molecular formula is C13H15N. The Kier molecular flexibility index (Phi) is 2.68. The van der Waals surface area contributed by atoms with Crippen molar-refractivity contribution in [2.45, 2.75) is 19.9 Å².